The third-order valence-electron chi connectivity index (χ3n) is 4.52. The molecule has 0 radical (unpaired) electrons. The lowest BCUT2D eigenvalue weighted by Gasteiger charge is -2.26. The molecule has 1 aliphatic rings. The van der Waals surface area contributed by atoms with Crippen molar-refractivity contribution in [1.82, 2.24) is 9.78 Å². The zero-order valence-corrected chi connectivity index (χ0v) is 14.6. The highest BCUT2D eigenvalue weighted by Gasteiger charge is 2.32. The number of fused-ring (bicyclic) bond motifs is 1. The van der Waals surface area contributed by atoms with E-state index in [4.69, 9.17) is 17.3 Å². The molecule has 132 valence electrons. The summed E-state index contributed by atoms with van der Waals surface area (Å²) in [6.07, 6.45) is 0.508. The van der Waals surface area contributed by atoms with Gasteiger partial charge in [-0.3, -0.25) is 4.79 Å². The number of benzene rings is 2. The van der Waals surface area contributed by atoms with Gasteiger partial charge in [0, 0.05) is 12.1 Å². The second-order valence-electron chi connectivity index (χ2n) is 6.14. The summed E-state index contributed by atoms with van der Waals surface area (Å²) in [7, 11) is 0. The average Bonchev–Trinajstić information content (AvgIpc) is 2.96. The van der Waals surface area contributed by atoms with Crippen LogP contribution in [-0.4, -0.2) is 22.2 Å². The minimum absolute atomic E-state index is 0.0183. The summed E-state index contributed by atoms with van der Waals surface area (Å²) in [5, 5.41) is 4.38. The summed E-state index contributed by atoms with van der Waals surface area (Å²) in [4.78, 5) is 14.2. The van der Waals surface area contributed by atoms with Crippen molar-refractivity contribution in [2.75, 3.05) is 17.2 Å². The Balaban J connectivity index is 1.69. The van der Waals surface area contributed by atoms with Crippen molar-refractivity contribution in [1.29, 1.82) is 0 Å². The Bertz CT molecular complexity index is 987. The molecule has 3 aromatic rings. The number of hydrogen-bond donors (Lipinski definition) is 1. The minimum Gasteiger partial charge on any atom is -0.384 e. The average molecular weight is 371 g/mol. The Kier molecular flexibility index (Phi) is 4.12. The SMILES string of the molecule is Nc1c2c(nn1Cc1ccccc1)C(=O)N(c1cccc(Cl)c1F)CC2. The van der Waals surface area contributed by atoms with Gasteiger partial charge >= 0.3 is 0 Å². The van der Waals surface area contributed by atoms with E-state index in [1.54, 1.807) is 10.7 Å². The molecule has 4 rings (SSSR count). The molecule has 0 aliphatic carbocycles. The molecule has 0 unspecified atom stereocenters. The molecule has 26 heavy (non-hydrogen) atoms. The molecule has 0 atom stereocenters. The van der Waals surface area contributed by atoms with Crippen LogP contribution in [-0.2, 0) is 13.0 Å². The standard InChI is InChI=1S/C19H16ClFN4O/c20-14-7-4-8-15(16(14)21)24-10-9-13-17(19(24)26)23-25(18(13)22)11-12-5-2-1-3-6-12/h1-8H,9-11,22H2. The van der Waals surface area contributed by atoms with Crippen LogP contribution in [0.25, 0.3) is 0 Å². The highest BCUT2D eigenvalue weighted by atomic mass is 35.5. The van der Waals surface area contributed by atoms with E-state index in [-0.39, 0.29) is 22.3 Å². The fourth-order valence-electron chi connectivity index (χ4n) is 3.19. The van der Waals surface area contributed by atoms with Crippen LogP contribution in [0.5, 0.6) is 0 Å². The molecule has 0 fully saturated rings. The molecule has 1 amide bonds. The van der Waals surface area contributed by atoms with Gasteiger partial charge < -0.3 is 10.6 Å². The summed E-state index contributed by atoms with van der Waals surface area (Å²) in [6.45, 7) is 0.794. The lowest BCUT2D eigenvalue weighted by molar-refractivity contribution is 0.0974. The molecule has 1 aromatic heterocycles. The number of hydrogen-bond acceptors (Lipinski definition) is 3. The third kappa shape index (κ3) is 2.72. The summed E-state index contributed by atoms with van der Waals surface area (Å²) in [5.74, 6) is -0.503. The molecule has 2 N–H and O–H groups in total. The smallest absolute Gasteiger partial charge is 0.279 e. The fraction of sp³-hybridized carbons (Fsp3) is 0.158. The van der Waals surface area contributed by atoms with Crippen molar-refractivity contribution in [2.45, 2.75) is 13.0 Å². The lowest BCUT2D eigenvalue weighted by atomic mass is 10.1. The van der Waals surface area contributed by atoms with Crippen molar-refractivity contribution >= 4 is 29.0 Å². The highest BCUT2D eigenvalue weighted by molar-refractivity contribution is 6.31. The molecule has 2 aromatic carbocycles. The van der Waals surface area contributed by atoms with Gasteiger partial charge in [0.2, 0.25) is 0 Å². The van der Waals surface area contributed by atoms with E-state index in [1.165, 1.54) is 17.0 Å². The second kappa shape index (κ2) is 6.46. The van der Waals surface area contributed by atoms with Gasteiger partial charge in [-0.15, -0.1) is 0 Å². The number of aromatic nitrogens is 2. The van der Waals surface area contributed by atoms with Gasteiger partial charge in [-0.05, 0) is 24.1 Å². The van der Waals surface area contributed by atoms with E-state index in [2.05, 4.69) is 5.10 Å². The maximum atomic E-state index is 14.3. The van der Waals surface area contributed by atoms with Crippen LogP contribution in [0.15, 0.2) is 48.5 Å². The molecule has 0 spiro atoms. The minimum atomic E-state index is -0.609. The van der Waals surface area contributed by atoms with Gasteiger partial charge in [-0.1, -0.05) is 48.0 Å². The lowest BCUT2D eigenvalue weighted by Crippen LogP contribution is -2.38. The molecule has 5 nitrogen and oxygen atoms in total. The van der Waals surface area contributed by atoms with Gasteiger partial charge in [0.15, 0.2) is 11.5 Å². The number of halogens is 2. The maximum absolute atomic E-state index is 14.3. The Morgan fingerprint density at radius 2 is 1.92 bits per heavy atom. The number of carbonyl (C=O) groups excluding carboxylic acids is 1. The van der Waals surface area contributed by atoms with E-state index >= 15 is 0 Å². The zero-order chi connectivity index (χ0) is 18.3. The summed E-state index contributed by atoms with van der Waals surface area (Å²) < 4.78 is 16.0. The van der Waals surface area contributed by atoms with Gasteiger partial charge in [0.05, 0.1) is 17.3 Å². The van der Waals surface area contributed by atoms with Crippen molar-refractivity contribution in [3.05, 3.63) is 76.2 Å². The molecular weight excluding hydrogens is 355 g/mol. The quantitative estimate of drug-likeness (QED) is 0.767. The summed E-state index contributed by atoms with van der Waals surface area (Å²) in [5.41, 5.74) is 8.38. The molecule has 2 heterocycles. The topological polar surface area (TPSA) is 64.1 Å². The third-order valence-corrected chi connectivity index (χ3v) is 4.82. The van der Waals surface area contributed by atoms with Crippen molar-refractivity contribution < 1.29 is 9.18 Å². The first-order valence-electron chi connectivity index (χ1n) is 8.21. The number of amides is 1. The zero-order valence-electron chi connectivity index (χ0n) is 13.8. The number of nitrogens with zero attached hydrogens (tertiary/aromatic N) is 3. The Labute approximate surface area is 154 Å². The number of anilines is 2. The molecule has 0 bridgehead atoms. The van der Waals surface area contributed by atoms with Crippen LogP contribution in [0.1, 0.15) is 21.6 Å². The van der Waals surface area contributed by atoms with E-state index < -0.39 is 5.82 Å². The normalized spacial score (nSPS) is 13.8. The molecule has 7 heteroatoms. The Morgan fingerprint density at radius 3 is 2.69 bits per heavy atom. The summed E-state index contributed by atoms with van der Waals surface area (Å²) in [6, 6.07) is 14.3. The first-order valence-corrected chi connectivity index (χ1v) is 8.59. The number of nitrogen functional groups attached to an aromatic ring is 1. The number of nitrogens with two attached hydrogens (primary N) is 1. The highest BCUT2D eigenvalue weighted by Crippen LogP contribution is 2.31. The number of rotatable bonds is 3. The van der Waals surface area contributed by atoms with Crippen LogP contribution in [0.3, 0.4) is 0 Å². The molecule has 0 saturated carbocycles. The Morgan fingerprint density at radius 1 is 1.15 bits per heavy atom. The predicted molar refractivity (Wildman–Crippen MR) is 99.0 cm³/mol. The van der Waals surface area contributed by atoms with E-state index in [0.29, 0.717) is 30.9 Å². The molecular formula is C19H16ClFN4O. The van der Waals surface area contributed by atoms with Crippen LogP contribution in [0.4, 0.5) is 15.9 Å². The first kappa shape index (κ1) is 16.6. The van der Waals surface area contributed by atoms with Crippen LogP contribution < -0.4 is 10.6 Å². The van der Waals surface area contributed by atoms with Gasteiger partial charge in [0.1, 0.15) is 5.82 Å². The van der Waals surface area contributed by atoms with Crippen molar-refractivity contribution in [2.24, 2.45) is 0 Å². The van der Waals surface area contributed by atoms with E-state index in [0.717, 1.165) is 5.56 Å². The van der Waals surface area contributed by atoms with Gasteiger partial charge in [-0.25, -0.2) is 9.07 Å². The monoisotopic (exact) mass is 370 g/mol. The maximum Gasteiger partial charge on any atom is 0.279 e. The van der Waals surface area contributed by atoms with Crippen LogP contribution >= 0.6 is 11.6 Å². The predicted octanol–water partition coefficient (Wildman–Crippen LogP) is 3.51. The van der Waals surface area contributed by atoms with Gasteiger partial charge in [-0.2, -0.15) is 5.10 Å². The second-order valence-corrected chi connectivity index (χ2v) is 6.54. The van der Waals surface area contributed by atoms with Crippen LogP contribution in [0.2, 0.25) is 5.02 Å². The molecule has 0 saturated heterocycles. The van der Waals surface area contributed by atoms with Crippen LogP contribution in [0, 0.1) is 5.82 Å². The van der Waals surface area contributed by atoms with Gasteiger partial charge in [0.25, 0.3) is 5.91 Å². The number of carbonyl (C=O) groups is 1. The summed E-state index contributed by atoms with van der Waals surface area (Å²) >= 11 is 5.85. The largest absolute Gasteiger partial charge is 0.384 e. The van der Waals surface area contributed by atoms with Crippen molar-refractivity contribution in [3.63, 3.8) is 0 Å². The molecule has 1 aliphatic heterocycles. The van der Waals surface area contributed by atoms with E-state index in [9.17, 15) is 9.18 Å². The fourth-order valence-corrected chi connectivity index (χ4v) is 3.36. The van der Waals surface area contributed by atoms with Crippen molar-refractivity contribution in [3.8, 4) is 0 Å². The van der Waals surface area contributed by atoms with E-state index in [1.807, 2.05) is 30.3 Å². The Hall–Kier alpha value is -2.86. The first-order chi connectivity index (χ1) is 12.6.